The van der Waals surface area contributed by atoms with Crippen LogP contribution in [-0.2, 0) is 0 Å². The van der Waals surface area contributed by atoms with E-state index in [4.69, 9.17) is 0 Å². The molecule has 37 heavy (non-hydrogen) atoms. The van der Waals surface area contributed by atoms with E-state index in [1.54, 1.807) is 0 Å². The van der Waals surface area contributed by atoms with Crippen molar-refractivity contribution in [3.8, 4) is 0 Å². The molecule has 3 N–H and O–H groups in total. The van der Waals surface area contributed by atoms with Crippen molar-refractivity contribution in [1.82, 2.24) is 20.9 Å². The van der Waals surface area contributed by atoms with Gasteiger partial charge in [0.05, 0.1) is 22.3 Å². The van der Waals surface area contributed by atoms with Crippen molar-refractivity contribution in [1.29, 1.82) is 0 Å². The number of amides is 6. The molecule has 0 saturated heterocycles. The maximum absolute atomic E-state index is 12.3. The van der Waals surface area contributed by atoms with Crippen LogP contribution >= 0.6 is 0 Å². The maximum atomic E-state index is 12.3. The van der Waals surface area contributed by atoms with E-state index in [1.807, 2.05) is 27.7 Å². The Hall–Kier alpha value is -4.34. The van der Waals surface area contributed by atoms with Crippen LogP contribution in [-0.4, -0.2) is 60.5 Å². The first-order chi connectivity index (χ1) is 17.8. The summed E-state index contributed by atoms with van der Waals surface area (Å²) in [4.78, 5) is 72.9. The van der Waals surface area contributed by atoms with Crippen molar-refractivity contribution in [3.63, 3.8) is 0 Å². The highest BCUT2D eigenvalue weighted by Gasteiger charge is 2.33. The Kier molecular flexibility index (Phi) is 10.2. The maximum Gasteiger partial charge on any atom is 0.261 e. The molecule has 2 aromatic rings. The minimum absolute atomic E-state index is 0. The van der Waals surface area contributed by atoms with E-state index < -0.39 is 17.7 Å². The molecule has 10 heteroatoms. The molecule has 0 radical (unpaired) electrons. The third kappa shape index (κ3) is 6.27. The second-order valence-corrected chi connectivity index (χ2v) is 7.69. The van der Waals surface area contributed by atoms with Crippen LogP contribution in [0, 0.1) is 0 Å². The van der Waals surface area contributed by atoms with E-state index in [0.29, 0.717) is 25.9 Å². The van der Waals surface area contributed by atoms with Gasteiger partial charge in [-0.05, 0) is 49.2 Å². The summed E-state index contributed by atoms with van der Waals surface area (Å²) in [6, 6.07) is 8.71. The van der Waals surface area contributed by atoms with Crippen LogP contribution in [0.5, 0.6) is 0 Å². The van der Waals surface area contributed by atoms with Crippen molar-refractivity contribution in [3.05, 3.63) is 69.8 Å². The number of hydrogen-bond donors (Lipinski definition) is 3. The monoisotopic (exact) mass is 512 g/mol. The molecule has 0 aliphatic carbocycles. The van der Waals surface area contributed by atoms with Gasteiger partial charge in [-0.3, -0.25) is 39.0 Å². The van der Waals surface area contributed by atoms with E-state index in [0.717, 1.165) is 4.90 Å². The summed E-state index contributed by atoms with van der Waals surface area (Å²) in [5, 5.41) is 7.66. The van der Waals surface area contributed by atoms with Crippen molar-refractivity contribution >= 4 is 35.4 Å². The normalized spacial score (nSPS) is 12.9. The summed E-state index contributed by atoms with van der Waals surface area (Å²) in [7, 11) is 1.39. The molecule has 200 valence electrons. The van der Waals surface area contributed by atoms with Crippen LogP contribution in [0.15, 0.2) is 36.4 Å². The van der Waals surface area contributed by atoms with E-state index in [9.17, 15) is 28.8 Å². The fourth-order valence-electron chi connectivity index (χ4n) is 3.67. The Bertz CT molecular complexity index is 1250. The number of hydrogen-bond acceptors (Lipinski definition) is 6. The Morgan fingerprint density at radius 3 is 1.68 bits per heavy atom. The first kappa shape index (κ1) is 28.9. The van der Waals surface area contributed by atoms with Crippen molar-refractivity contribution in [2.75, 3.05) is 20.1 Å². The molecule has 0 unspecified atom stereocenters. The molecule has 2 aromatic carbocycles. The van der Waals surface area contributed by atoms with Crippen LogP contribution in [0.25, 0.3) is 0 Å². The molecule has 4 rings (SSSR count). The predicted octanol–water partition coefficient (Wildman–Crippen LogP) is 3.28. The van der Waals surface area contributed by atoms with E-state index in [-0.39, 0.29) is 54.0 Å². The Labute approximate surface area is 218 Å². The van der Waals surface area contributed by atoms with Gasteiger partial charge in [0.1, 0.15) is 0 Å². The highest BCUT2D eigenvalue weighted by molar-refractivity contribution is 6.22. The number of nitrogens with zero attached hydrogens (tertiary/aromatic N) is 1. The van der Waals surface area contributed by atoms with Gasteiger partial charge < -0.3 is 10.6 Å². The third-order valence-electron chi connectivity index (χ3n) is 5.52. The number of benzene rings is 2. The fourth-order valence-corrected chi connectivity index (χ4v) is 3.67. The second kappa shape index (κ2) is 13.1. The predicted molar refractivity (Wildman–Crippen MR) is 142 cm³/mol. The zero-order valence-corrected chi connectivity index (χ0v) is 21.7. The van der Waals surface area contributed by atoms with Crippen molar-refractivity contribution in [2.24, 2.45) is 0 Å². The number of carbonyl (C=O) groups excluding carboxylic acids is 6. The van der Waals surface area contributed by atoms with Crippen LogP contribution in [0.4, 0.5) is 0 Å². The zero-order valence-electron chi connectivity index (χ0n) is 21.7. The topological polar surface area (TPSA) is 142 Å². The fraction of sp³-hybridized carbons (Fsp3) is 0.333. The standard InChI is InChI=1S/C23H20N4O6.2C2H6.2H2/c1-27-22(32)15-7-5-13(11-17(15)23(27)33)19(29)25-9-3-2-8-24-18(28)12-4-6-14-16(10-12)21(31)26-20(14)30;2*1-2;;/h4-7,10-11H,2-3,8-9H2,1H3,(H,24,28)(H,25,29)(H,26,30,31);2*1-2H3;2*1H. The summed E-state index contributed by atoms with van der Waals surface area (Å²) in [6.45, 7) is 8.72. The Morgan fingerprint density at radius 2 is 1.14 bits per heavy atom. The summed E-state index contributed by atoms with van der Waals surface area (Å²) >= 11 is 0. The molecule has 0 bridgehead atoms. The Balaban J connectivity index is 0.00000230. The summed E-state index contributed by atoms with van der Waals surface area (Å²) in [5.41, 5.74) is 1.50. The van der Waals surface area contributed by atoms with Crippen LogP contribution in [0.3, 0.4) is 0 Å². The molecule has 6 amide bonds. The summed E-state index contributed by atoms with van der Waals surface area (Å²) in [6.07, 6.45) is 1.19. The number of fused-ring (bicyclic) bond motifs is 2. The van der Waals surface area contributed by atoms with Crippen LogP contribution in [0.2, 0.25) is 0 Å². The van der Waals surface area contributed by atoms with Gasteiger partial charge in [-0.1, -0.05) is 27.7 Å². The zero-order chi connectivity index (χ0) is 27.7. The van der Waals surface area contributed by atoms with Crippen LogP contribution < -0.4 is 16.0 Å². The third-order valence-corrected chi connectivity index (χ3v) is 5.52. The smallest absolute Gasteiger partial charge is 0.261 e. The van der Waals surface area contributed by atoms with Gasteiger partial charge in [-0.2, -0.15) is 0 Å². The van der Waals surface area contributed by atoms with Gasteiger partial charge in [0.25, 0.3) is 35.4 Å². The number of carbonyl (C=O) groups is 6. The van der Waals surface area contributed by atoms with Gasteiger partial charge >= 0.3 is 0 Å². The molecule has 10 nitrogen and oxygen atoms in total. The van der Waals surface area contributed by atoms with Gasteiger partial charge in [-0.15, -0.1) is 0 Å². The van der Waals surface area contributed by atoms with Crippen LogP contribution in [0.1, 0.15) is 106 Å². The van der Waals surface area contributed by atoms with Crippen molar-refractivity contribution < 1.29 is 31.6 Å². The largest absolute Gasteiger partial charge is 0.352 e. The highest BCUT2D eigenvalue weighted by atomic mass is 16.2. The number of rotatable bonds is 7. The van der Waals surface area contributed by atoms with E-state index >= 15 is 0 Å². The van der Waals surface area contributed by atoms with Gasteiger partial charge in [0.15, 0.2) is 0 Å². The molecule has 2 aliphatic heterocycles. The lowest BCUT2D eigenvalue weighted by Gasteiger charge is -2.08. The van der Waals surface area contributed by atoms with Gasteiger partial charge in [0.2, 0.25) is 0 Å². The molecule has 0 fully saturated rings. The average molecular weight is 513 g/mol. The lowest BCUT2D eigenvalue weighted by atomic mass is 10.1. The summed E-state index contributed by atoms with van der Waals surface area (Å²) < 4.78 is 0. The molecular formula is C27H36N4O6. The molecule has 0 atom stereocenters. The number of unbranched alkanes of at least 4 members (excludes halogenated alkanes) is 1. The first-order valence-corrected chi connectivity index (χ1v) is 12.3. The molecular weight excluding hydrogens is 476 g/mol. The molecule has 0 spiro atoms. The number of nitrogens with one attached hydrogen (secondary N) is 3. The van der Waals surface area contributed by atoms with E-state index in [1.165, 1.54) is 43.4 Å². The highest BCUT2D eigenvalue weighted by Crippen LogP contribution is 2.22. The minimum Gasteiger partial charge on any atom is -0.352 e. The molecule has 2 aliphatic rings. The van der Waals surface area contributed by atoms with Gasteiger partial charge in [0, 0.05) is 34.1 Å². The number of imide groups is 2. The Morgan fingerprint density at radius 1 is 0.703 bits per heavy atom. The van der Waals surface area contributed by atoms with Crippen molar-refractivity contribution in [2.45, 2.75) is 40.5 Å². The second-order valence-electron chi connectivity index (χ2n) is 7.69. The molecule has 2 heterocycles. The SMILES string of the molecule is CC.CC.CN1C(=O)c2ccc(C(=O)NCCCCNC(=O)c3ccc4c(c3)C(=O)NC4=O)cc2C1=O.[HH].[HH]. The first-order valence-electron chi connectivity index (χ1n) is 12.3. The average Bonchev–Trinajstić information content (AvgIpc) is 3.34. The minimum atomic E-state index is -0.522. The van der Waals surface area contributed by atoms with Gasteiger partial charge in [-0.25, -0.2) is 0 Å². The summed E-state index contributed by atoms with van der Waals surface area (Å²) in [5.74, 6) is -2.54. The quantitative estimate of drug-likeness (QED) is 0.384. The molecule has 0 saturated carbocycles. The lowest BCUT2D eigenvalue weighted by Crippen LogP contribution is -2.27. The lowest BCUT2D eigenvalue weighted by molar-refractivity contribution is 0.0691. The van der Waals surface area contributed by atoms with E-state index in [2.05, 4.69) is 16.0 Å². The molecule has 0 aromatic heterocycles.